The first kappa shape index (κ1) is 16.0. The Hall–Kier alpha value is -2.51. The van der Waals surface area contributed by atoms with Gasteiger partial charge in [0.25, 0.3) is 5.91 Å². The summed E-state index contributed by atoms with van der Waals surface area (Å²) in [5, 5.41) is 9.86. The van der Waals surface area contributed by atoms with Crippen molar-refractivity contribution in [1.82, 2.24) is 9.80 Å². The van der Waals surface area contributed by atoms with Crippen molar-refractivity contribution in [3.05, 3.63) is 36.0 Å². The zero-order chi connectivity index (χ0) is 17.4. The number of furan rings is 1. The molecule has 7 nitrogen and oxygen atoms in total. The molecule has 7 heteroatoms. The van der Waals surface area contributed by atoms with Crippen LogP contribution in [0.4, 0.5) is 0 Å². The maximum Gasteiger partial charge on any atom is 0.289 e. The maximum absolute atomic E-state index is 12.9. The summed E-state index contributed by atoms with van der Waals surface area (Å²) in [6.45, 7) is 5.43. The zero-order valence-corrected chi connectivity index (χ0v) is 14.0. The fourth-order valence-corrected chi connectivity index (χ4v) is 3.28. The van der Waals surface area contributed by atoms with Crippen LogP contribution in [0.3, 0.4) is 0 Å². The quantitative estimate of drug-likeness (QED) is 0.914. The Labute approximate surface area is 145 Å². The van der Waals surface area contributed by atoms with Crippen LogP contribution in [0.1, 0.15) is 16.1 Å². The molecular weight excluding hydrogens is 324 g/mol. The van der Waals surface area contributed by atoms with Crippen molar-refractivity contribution < 1.29 is 23.8 Å². The highest BCUT2D eigenvalue weighted by molar-refractivity contribution is 5.99. The SMILES string of the molecule is Cc1c(C(=O)N2CCN(CCO)CC2)oc2cc3c(cc12)OC=CO3. The zero-order valence-electron chi connectivity index (χ0n) is 14.0. The molecule has 0 atom stereocenters. The molecule has 2 aliphatic heterocycles. The van der Waals surface area contributed by atoms with Crippen molar-refractivity contribution in [3.63, 3.8) is 0 Å². The number of rotatable bonds is 3. The second-order valence-corrected chi connectivity index (χ2v) is 6.22. The third-order valence-corrected chi connectivity index (χ3v) is 4.72. The van der Waals surface area contributed by atoms with E-state index in [0.29, 0.717) is 42.5 Å². The van der Waals surface area contributed by atoms with E-state index in [4.69, 9.17) is 19.0 Å². The Bertz CT molecular complexity index is 834. The molecule has 1 fully saturated rings. The summed E-state index contributed by atoms with van der Waals surface area (Å²) in [5.74, 6) is 1.44. The summed E-state index contributed by atoms with van der Waals surface area (Å²) in [7, 11) is 0. The molecule has 0 spiro atoms. The first-order chi connectivity index (χ1) is 12.2. The van der Waals surface area contributed by atoms with E-state index in [9.17, 15) is 4.79 Å². The number of nitrogens with zero attached hydrogens (tertiary/aromatic N) is 2. The number of aliphatic hydroxyl groups is 1. The largest absolute Gasteiger partial charge is 0.458 e. The molecule has 1 aromatic heterocycles. The molecule has 25 heavy (non-hydrogen) atoms. The molecular formula is C18H20N2O5. The number of β-amino-alcohol motifs (C(OH)–C–C–N with tert-alkyl or cyclic N) is 1. The summed E-state index contributed by atoms with van der Waals surface area (Å²) in [5.41, 5.74) is 1.41. The lowest BCUT2D eigenvalue weighted by atomic mass is 10.1. The fourth-order valence-electron chi connectivity index (χ4n) is 3.28. The first-order valence-electron chi connectivity index (χ1n) is 8.35. The third-order valence-electron chi connectivity index (χ3n) is 4.72. The van der Waals surface area contributed by atoms with Gasteiger partial charge in [0.1, 0.15) is 18.1 Å². The highest BCUT2D eigenvalue weighted by Crippen LogP contribution is 2.38. The average Bonchev–Trinajstić information content (AvgIpc) is 2.96. The van der Waals surface area contributed by atoms with Gasteiger partial charge in [-0.1, -0.05) is 0 Å². The minimum Gasteiger partial charge on any atom is -0.458 e. The molecule has 0 bridgehead atoms. The highest BCUT2D eigenvalue weighted by atomic mass is 16.5. The number of benzene rings is 1. The van der Waals surface area contributed by atoms with Gasteiger partial charge >= 0.3 is 0 Å². The van der Waals surface area contributed by atoms with Gasteiger partial charge in [0.2, 0.25) is 0 Å². The monoisotopic (exact) mass is 344 g/mol. The van der Waals surface area contributed by atoms with Crippen LogP contribution in [0.25, 0.3) is 11.0 Å². The topological polar surface area (TPSA) is 75.4 Å². The molecule has 1 saturated heterocycles. The number of fused-ring (bicyclic) bond motifs is 2. The molecule has 0 saturated carbocycles. The lowest BCUT2D eigenvalue weighted by molar-refractivity contribution is 0.0586. The predicted octanol–water partition coefficient (Wildman–Crippen LogP) is 1.73. The molecule has 2 aliphatic rings. The molecule has 0 aliphatic carbocycles. The van der Waals surface area contributed by atoms with E-state index >= 15 is 0 Å². The highest BCUT2D eigenvalue weighted by Gasteiger charge is 2.27. The van der Waals surface area contributed by atoms with E-state index in [0.717, 1.165) is 24.0 Å². The van der Waals surface area contributed by atoms with Crippen molar-refractivity contribution in [2.24, 2.45) is 0 Å². The van der Waals surface area contributed by atoms with Crippen molar-refractivity contribution in [2.45, 2.75) is 6.92 Å². The van der Waals surface area contributed by atoms with E-state index in [1.165, 1.54) is 12.5 Å². The fraction of sp³-hybridized carbons (Fsp3) is 0.389. The molecule has 4 rings (SSSR count). The summed E-state index contributed by atoms with van der Waals surface area (Å²) >= 11 is 0. The summed E-state index contributed by atoms with van der Waals surface area (Å²) < 4.78 is 16.7. The van der Waals surface area contributed by atoms with Gasteiger partial charge < -0.3 is 23.9 Å². The Kier molecular flexibility index (Phi) is 4.10. The minimum absolute atomic E-state index is 0.102. The van der Waals surface area contributed by atoms with E-state index in [1.807, 2.05) is 13.0 Å². The predicted molar refractivity (Wildman–Crippen MR) is 90.8 cm³/mol. The number of carbonyl (C=O) groups is 1. The number of ether oxygens (including phenoxy) is 2. The van der Waals surface area contributed by atoms with Gasteiger partial charge in [0, 0.05) is 49.7 Å². The van der Waals surface area contributed by atoms with E-state index < -0.39 is 0 Å². The minimum atomic E-state index is -0.102. The van der Waals surface area contributed by atoms with Gasteiger partial charge in [-0.15, -0.1) is 0 Å². The number of aliphatic hydroxyl groups excluding tert-OH is 1. The number of piperazine rings is 1. The standard InChI is InChI=1S/C18H20N2O5/c1-12-13-10-15-16(24-9-8-23-15)11-14(13)25-17(12)18(22)20-4-2-19(3-5-20)6-7-21/h8-11,21H,2-7H2,1H3. The van der Waals surface area contributed by atoms with E-state index in [-0.39, 0.29) is 12.5 Å². The molecule has 1 aromatic carbocycles. The van der Waals surface area contributed by atoms with Crippen LogP contribution in [0.5, 0.6) is 11.5 Å². The Morgan fingerprint density at radius 3 is 2.48 bits per heavy atom. The molecule has 132 valence electrons. The summed E-state index contributed by atoms with van der Waals surface area (Å²) in [6.07, 6.45) is 2.93. The van der Waals surface area contributed by atoms with Crippen LogP contribution in [-0.2, 0) is 0 Å². The number of hydrogen-bond donors (Lipinski definition) is 1. The van der Waals surface area contributed by atoms with Gasteiger partial charge in [0.05, 0.1) is 6.61 Å². The van der Waals surface area contributed by atoms with Gasteiger partial charge in [-0.3, -0.25) is 9.69 Å². The van der Waals surface area contributed by atoms with Crippen LogP contribution < -0.4 is 9.47 Å². The average molecular weight is 344 g/mol. The van der Waals surface area contributed by atoms with E-state index in [1.54, 1.807) is 11.0 Å². The van der Waals surface area contributed by atoms with Gasteiger partial charge in [-0.2, -0.15) is 0 Å². The number of amides is 1. The van der Waals surface area contributed by atoms with Gasteiger partial charge in [-0.05, 0) is 13.0 Å². The van der Waals surface area contributed by atoms with Crippen LogP contribution in [-0.4, -0.2) is 60.1 Å². The first-order valence-corrected chi connectivity index (χ1v) is 8.35. The normalized spacial score (nSPS) is 17.3. The third kappa shape index (κ3) is 2.85. The number of hydrogen-bond acceptors (Lipinski definition) is 6. The molecule has 2 aromatic rings. The summed E-state index contributed by atoms with van der Waals surface area (Å²) in [4.78, 5) is 16.8. The van der Waals surface area contributed by atoms with Crippen LogP contribution in [0.2, 0.25) is 0 Å². The molecule has 1 N–H and O–H groups in total. The lowest BCUT2D eigenvalue weighted by Gasteiger charge is -2.33. The van der Waals surface area contributed by atoms with Crippen LogP contribution in [0, 0.1) is 6.92 Å². The van der Waals surface area contributed by atoms with Crippen molar-refractivity contribution in [3.8, 4) is 11.5 Å². The van der Waals surface area contributed by atoms with Crippen molar-refractivity contribution in [2.75, 3.05) is 39.3 Å². The van der Waals surface area contributed by atoms with E-state index in [2.05, 4.69) is 4.90 Å². The lowest BCUT2D eigenvalue weighted by Crippen LogP contribution is -2.49. The van der Waals surface area contributed by atoms with Crippen LogP contribution in [0.15, 0.2) is 29.1 Å². The second-order valence-electron chi connectivity index (χ2n) is 6.22. The van der Waals surface area contributed by atoms with Crippen molar-refractivity contribution >= 4 is 16.9 Å². The van der Waals surface area contributed by atoms with Crippen LogP contribution >= 0.6 is 0 Å². The number of carbonyl (C=O) groups excluding carboxylic acids is 1. The Balaban J connectivity index is 1.59. The smallest absolute Gasteiger partial charge is 0.289 e. The Morgan fingerprint density at radius 1 is 1.12 bits per heavy atom. The second kappa shape index (κ2) is 6.42. The molecule has 0 radical (unpaired) electrons. The van der Waals surface area contributed by atoms with Crippen molar-refractivity contribution in [1.29, 1.82) is 0 Å². The molecule has 3 heterocycles. The Morgan fingerprint density at radius 2 is 1.80 bits per heavy atom. The number of aryl methyl sites for hydroxylation is 1. The van der Waals surface area contributed by atoms with Gasteiger partial charge in [-0.25, -0.2) is 0 Å². The molecule has 1 amide bonds. The van der Waals surface area contributed by atoms with Gasteiger partial charge in [0.15, 0.2) is 17.3 Å². The molecule has 0 unspecified atom stereocenters. The summed E-state index contributed by atoms with van der Waals surface area (Å²) in [6, 6.07) is 3.58. The maximum atomic E-state index is 12.9.